The predicted molar refractivity (Wildman–Crippen MR) is 93.5 cm³/mol. The van der Waals surface area contributed by atoms with Crippen LogP contribution in [-0.2, 0) is 15.7 Å². The molecule has 0 atom stereocenters. The molecule has 1 aliphatic rings. The zero-order valence-electron chi connectivity index (χ0n) is 13.6. The first-order chi connectivity index (χ1) is 9.86. The largest absolute Gasteiger partial charge is 0.494 e. The molecule has 2 nitrogen and oxygen atoms in total. The number of aryl methyl sites for hydroxylation is 1. The molecule has 1 saturated heterocycles. The van der Waals surface area contributed by atoms with Crippen LogP contribution in [0, 0.1) is 0 Å². The van der Waals surface area contributed by atoms with E-state index in [1.807, 2.05) is 0 Å². The molecule has 0 bridgehead atoms. The van der Waals surface area contributed by atoms with Crippen molar-refractivity contribution in [3.63, 3.8) is 0 Å². The molecule has 21 heavy (non-hydrogen) atoms. The van der Waals surface area contributed by atoms with Crippen molar-refractivity contribution in [3.05, 3.63) is 29.8 Å². The fraction of sp³-hybridized carbons (Fsp3) is 0.647. The van der Waals surface area contributed by atoms with E-state index < -0.39 is 0 Å². The van der Waals surface area contributed by atoms with Gasteiger partial charge in [-0.3, -0.25) is 0 Å². The van der Waals surface area contributed by atoms with Crippen molar-refractivity contribution < 1.29 is 9.31 Å². The molecule has 0 spiro atoms. The first-order valence-electron chi connectivity index (χ1n) is 7.86. The minimum Gasteiger partial charge on any atom is -0.399 e. The minimum absolute atomic E-state index is 0.252. The lowest BCUT2D eigenvalue weighted by Crippen LogP contribution is -2.41. The summed E-state index contributed by atoms with van der Waals surface area (Å²) in [4.78, 5) is 0. The van der Waals surface area contributed by atoms with Crippen LogP contribution in [0.3, 0.4) is 0 Å². The topological polar surface area (TPSA) is 18.5 Å². The molecule has 0 N–H and O–H groups in total. The zero-order valence-corrected chi connectivity index (χ0v) is 15.2. The van der Waals surface area contributed by atoms with E-state index in [1.165, 1.54) is 24.8 Å². The van der Waals surface area contributed by atoms with Crippen molar-refractivity contribution in [2.45, 2.75) is 64.6 Å². The van der Waals surface area contributed by atoms with Crippen molar-refractivity contribution in [3.8, 4) is 0 Å². The van der Waals surface area contributed by atoms with E-state index in [1.54, 1.807) is 0 Å². The van der Waals surface area contributed by atoms with Crippen molar-refractivity contribution in [1.82, 2.24) is 0 Å². The van der Waals surface area contributed by atoms with Crippen molar-refractivity contribution in [2.75, 3.05) is 5.33 Å². The predicted octanol–water partition coefficient (Wildman–Crippen LogP) is 4.09. The molecule has 4 heteroatoms. The molecule has 0 saturated carbocycles. The Morgan fingerprint density at radius 2 is 1.48 bits per heavy atom. The molecule has 1 aliphatic heterocycles. The smallest absolute Gasteiger partial charge is 0.399 e. The Hall–Kier alpha value is -0.315. The molecule has 1 aromatic carbocycles. The van der Waals surface area contributed by atoms with Crippen molar-refractivity contribution in [1.29, 1.82) is 0 Å². The van der Waals surface area contributed by atoms with Gasteiger partial charge in [0.15, 0.2) is 0 Å². The van der Waals surface area contributed by atoms with Gasteiger partial charge < -0.3 is 9.31 Å². The molecule has 0 aliphatic carbocycles. The van der Waals surface area contributed by atoms with Crippen LogP contribution >= 0.6 is 15.9 Å². The maximum atomic E-state index is 6.08. The van der Waals surface area contributed by atoms with Gasteiger partial charge in [-0.25, -0.2) is 0 Å². The summed E-state index contributed by atoms with van der Waals surface area (Å²) in [5, 5.41) is 1.11. The van der Waals surface area contributed by atoms with Crippen LogP contribution in [0.4, 0.5) is 0 Å². The van der Waals surface area contributed by atoms with E-state index in [9.17, 15) is 0 Å². The van der Waals surface area contributed by atoms with Gasteiger partial charge in [-0.05, 0) is 58.0 Å². The van der Waals surface area contributed by atoms with E-state index in [2.05, 4.69) is 67.9 Å². The average Bonchev–Trinajstić information content (AvgIpc) is 2.64. The Morgan fingerprint density at radius 1 is 0.905 bits per heavy atom. The standard InChI is InChI=1S/C17H26BBrO2/c1-16(2)17(3,4)21-18(20-16)15-11-9-14(10-12-15)8-6-5-7-13-19/h9-12H,5-8,13H2,1-4H3. The van der Waals surface area contributed by atoms with Gasteiger partial charge in [0.25, 0.3) is 0 Å². The monoisotopic (exact) mass is 352 g/mol. The number of rotatable bonds is 6. The summed E-state index contributed by atoms with van der Waals surface area (Å²) in [5.74, 6) is 0. The maximum absolute atomic E-state index is 6.08. The summed E-state index contributed by atoms with van der Waals surface area (Å²) in [7, 11) is -0.252. The Labute approximate surface area is 137 Å². The number of unbranched alkanes of at least 4 members (excludes halogenated alkanes) is 2. The highest BCUT2D eigenvalue weighted by Gasteiger charge is 2.51. The SMILES string of the molecule is CC1(C)OB(c2ccc(CCCCCBr)cc2)OC1(C)C. The fourth-order valence-electron chi connectivity index (χ4n) is 2.42. The van der Waals surface area contributed by atoms with Crippen molar-refractivity contribution >= 4 is 28.5 Å². The van der Waals surface area contributed by atoms with Gasteiger partial charge in [-0.1, -0.05) is 46.6 Å². The van der Waals surface area contributed by atoms with E-state index in [0.29, 0.717) is 0 Å². The molecule has 0 amide bonds. The van der Waals surface area contributed by atoms with Crippen LogP contribution in [0.2, 0.25) is 0 Å². The summed E-state index contributed by atoms with van der Waals surface area (Å²) >= 11 is 3.47. The zero-order chi connectivity index (χ0) is 15.5. The second kappa shape index (κ2) is 6.85. The van der Waals surface area contributed by atoms with Gasteiger partial charge in [0.1, 0.15) is 0 Å². The van der Waals surface area contributed by atoms with Gasteiger partial charge in [0, 0.05) is 5.33 Å². The molecule has 0 radical (unpaired) electrons. The normalized spacial score (nSPS) is 20.0. The van der Waals surface area contributed by atoms with Gasteiger partial charge in [0.2, 0.25) is 0 Å². The second-order valence-corrected chi connectivity index (χ2v) is 7.62. The minimum atomic E-state index is -0.272. The molecule has 0 aromatic heterocycles. The summed E-state index contributed by atoms with van der Waals surface area (Å²) in [6.45, 7) is 8.35. The molecule has 116 valence electrons. The second-order valence-electron chi connectivity index (χ2n) is 6.83. The van der Waals surface area contributed by atoms with Gasteiger partial charge in [-0.15, -0.1) is 0 Å². The first-order valence-corrected chi connectivity index (χ1v) is 8.98. The lowest BCUT2D eigenvalue weighted by Gasteiger charge is -2.32. The summed E-state index contributed by atoms with van der Waals surface area (Å²) in [6.07, 6.45) is 4.94. The highest BCUT2D eigenvalue weighted by atomic mass is 79.9. The first kappa shape index (κ1) is 17.0. The molecule has 2 rings (SSSR count). The van der Waals surface area contributed by atoms with E-state index in [0.717, 1.165) is 17.2 Å². The van der Waals surface area contributed by atoms with Crippen LogP contribution in [0.25, 0.3) is 0 Å². The summed E-state index contributed by atoms with van der Waals surface area (Å²) in [6, 6.07) is 8.69. The van der Waals surface area contributed by atoms with E-state index in [4.69, 9.17) is 9.31 Å². The average molecular weight is 353 g/mol. The fourth-order valence-corrected chi connectivity index (χ4v) is 2.82. The Balaban J connectivity index is 1.94. The Bertz CT molecular complexity index is 440. The highest BCUT2D eigenvalue weighted by molar-refractivity contribution is 9.09. The van der Waals surface area contributed by atoms with Crippen LogP contribution in [0.5, 0.6) is 0 Å². The number of hydrogen-bond donors (Lipinski definition) is 0. The van der Waals surface area contributed by atoms with Crippen LogP contribution in [-0.4, -0.2) is 23.7 Å². The Morgan fingerprint density at radius 3 is 2.00 bits per heavy atom. The van der Waals surface area contributed by atoms with Gasteiger partial charge in [0.05, 0.1) is 11.2 Å². The summed E-state index contributed by atoms with van der Waals surface area (Å²) < 4.78 is 12.2. The van der Waals surface area contributed by atoms with Crippen molar-refractivity contribution in [2.24, 2.45) is 0 Å². The van der Waals surface area contributed by atoms with Gasteiger partial charge >= 0.3 is 7.12 Å². The lowest BCUT2D eigenvalue weighted by molar-refractivity contribution is 0.00578. The molecular weight excluding hydrogens is 327 g/mol. The molecule has 1 heterocycles. The van der Waals surface area contributed by atoms with E-state index >= 15 is 0 Å². The van der Waals surface area contributed by atoms with Crippen LogP contribution in [0.15, 0.2) is 24.3 Å². The number of benzene rings is 1. The third kappa shape index (κ3) is 4.11. The van der Waals surface area contributed by atoms with Gasteiger partial charge in [-0.2, -0.15) is 0 Å². The highest BCUT2D eigenvalue weighted by Crippen LogP contribution is 2.36. The van der Waals surface area contributed by atoms with E-state index in [-0.39, 0.29) is 18.3 Å². The maximum Gasteiger partial charge on any atom is 0.494 e. The number of alkyl halides is 1. The molecule has 0 unspecified atom stereocenters. The Kier molecular flexibility index (Phi) is 5.56. The molecule has 1 aromatic rings. The number of hydrogen-bond acceptors (Lipinski definition) is 2. The van der Waals surface area contributed by atoms with Crippen LogP contribution < -0.4 is 5.46 Å². The molecule has 1 fully saturated rings. The van der Waals surface area contributed by atoms with Crippen LogP contribution in [0.1, 0.15) is 52.5 Å². The lowest BCUT2D eigenvalue weighted by atomic mass is 9.78. The summed E-state index contributed by atoms with van der Waals surface area (Å²) in [5.41, 5.74) is 1.96. The number of halogens is 1. The molecular formula is C17H26BBrO2. The third-order valence-electron chi connectivity index (χ3n) is 4.60. The quantitative estimate of drug-likeness (QED) is 0.436. The third-order valence-corrected chi connectivity index (χ3v) is 5.16.